The smallest absolute Gasteiger partial charge is 0.254 e. The van der Waals surface area contributed by atoms with Crippen LogP contribution in [0.25, 0.3) is 11.0 Å². The average molecular weight is 463 g/mol. The van der Waals surface area contributed by atoms with Gasteiger partial charge in [0.2, 0.25) is 5.95 Å². The van der Waals surface area contributed by atoms with Crippen molar-refractivity contribution in [3.05, 3.63) is 77.9 Å². The van der Waals surface area contributed by atoms with Gasteiger partial charge in [-0.2, -0.15) is 0 Å². The predicted octanol–water partition coefficient (Wildman–Crippen LogP) is 3.76. The standard InChI is InChI=1S/C24H23FN6OS/c1-29-21-15-18(22(32)30-11-13-31(14-12-30)23-26-9-2-10-27-23)5-8-20(21)28-24(29)33-16-17-3-6-19(25)7-4-17/h2-10,15H,11-14,16H2,1H3. The summed E-state index contributed by atoms with van der Waals surface area (Å²) in [6.45, 7) is 2.65. The summed E-state index contributed by atoms with van der Waals surface area (Å²) in [4.78, 5) is 30.4. The van der Waals surface area contributed by atoms with Crippen molar-refractivity contribution in [3.8, 4) is 0 Å². The van der Waals surface area contributed by atoms with Gasteiger partial charge in [-0.3, -0.25) is 4.79 Å². The molecule has 0 N–H and O–H groups in total. The first-order chi connectivity index (χ1) is 16.1. The number of rotatable bonds is 5. The van der Waals surface area contributed by atoms with Crippen LogP contribution in [0.15, 0.2) is 66.1 Å². The van der Waals surface area contributed by atoms with Gasteiger partial charge in [-0.05, 0) is 42.0 Å². The molecule has 0 atom stereocenters. The minimum atomic E-state index is -0.238. The van der Waals surface area contributed by atoms with Gasteiger partial charge in [0.15, 0.2) is 5.16 Å². The third-order valence-corrected chi connectivity index (χ3v) is 6.87. The van der Waals surface area contributed by atoms with Crippen molar-refractivity contribution >= 4 is 34.7 Å². The summed E-state index contributed by atoms with van der Waals surface area (Å²) in [5.41, 5.74) is 3.45. The highest BCUT2D eigenvalue weighted by Crippen LogP contribution is 2.27. The van der Waals surface area contributed by atoms with E-state index in [0.717, 1.165) is 21.8 Å². The molecule has 3 heterocycles. The molecule has 0 aliphatic carbocycles. The van der Waals surface area contributed by atoms with Crippen molar-refractivity contribution in [3.63, 3.8) is 0 Å². The van der Waals surface area contributed by atoms with Crippen molar-refractivity contribution in [2.45, 2.75) is 10.9 Å². The van der Waals surface area contributed by atoms with Crippen LogP contribution in [-0.2, 0) is 12.8 Å². The summed E-state index contributed by atoms with van der Waals surface area (Å²) in [5, 5.41) is 0.857. The summed E-state index contributed by atoms with van der Waals surface area (Å²) in [5.74, 6) is 1.18. The lowest BCUT2D eigenvalue weighted by molar-refractivity contribution is 0.0746. The number of nitrogens with zero attached hydrogens (tertiary/aromatic N) is 6. The maximum absolute atomic E-state index is 13.2. The number of hydrogen-bond donors (Lipinski definition) is 0. The Labute approximate surface area is 195 Å². The van der Waals surface area contributed by atoms with E-state index >= 15 is 0 Å². The minimum absolute atomic E-state index is 0.0206. The number of halogens is 1. The third-order valence-electron chi connectivity index (χ3n) is 5.77. The molecule has 2 aromatic carbocycles. The zero-order valence-electron chi connectivity index (χ0n) is 18.2. The van der Waals surface area contributed by atoms with Crippen molar-refractivity contribution in [2.24, 2.45) is 7.05 Å². The van der Waals surface area contributed by atoms with E-state index < -0.39 is 0 Å². The van der Waals surface area contributed by atoms with Crippen LogP contribution in [0.2, 0.25) is 0 Å². The second kappa shape index (κ2) is 9.19. The van der Waals surface area contributed by atoms with Gasteiger partial charge >= 0.3 is 0 Å². The molecule has 1 fully saturated rings. The number of imidazole rings is 1. The lowest BCUT2D eigenvalue weighted by Gasteiger charge is -2.34. The number of benzene rings is 2. The maximum Gasteiger partial charge on any atom is 0.254 e. The maximum atomic E-state index is 13.2. The van der Waals surface area contributed by atoms with E-state index in [0.29, 0.717) is 43.4 Å². The molecule has 2 aromatic heterocycles. The summed E-state index contributed by atoms with van der Waals surface area (Å²) >= 11 is 1.59. The Bertz CT molecular complexity index is 1270. The Hall–Kier alpha value is -3.46. The fourth-order valence-corrected chi connectivity index (χ4v) is 4.85. The van der Waals surface area contributed by atoms with E-state index in [2.05, 4.69) is 14.9 Å². The normalized spacial score (nSPS) is 14.1. The first kappa shape index (κ1) is 21.4. The number of thioether (sulfide) groups is 1. The van der Waals surface area contributed by atoms with Gasteiger partial charge < -0.3 is 14.4 Å². The van der Waals surface area contributed by atoms with Crippen LogP contribution >= 0.6 is 11.8 Å². The molecule has 9 heteroatoms. The quantitative estimate of drug-likeness (QED) is 0.421. The van der Waals surface area contributed by atoms with E-state index in [4.69, 9.17) is 4.98 Å². The third kappa shape index (κ3) is 4.54. The highest BCUT2D eigenvalue weighted by Gasteiger charge is 2.24. The molecule has 4 aromatic rings. The van der Waals surface area contributed by atoms with Gasteiger partial charge in [0.1, 0.15) is 5.82 Å². The molecule has 1 aliphatic heterocycles. The molecule has 1 aliphatic rings. The minimum Gasteiger partial charge on any atom is -0.337 e. The molecule has 0 radical (unpaired) electrons. The van der Waals surface area contributed by atoms with Gasteiger partial charge in [0.05, 0.1) is 11.0 Å². The molecule has 0 unspecified atom stereocenters. The summed E-state index contributed by atoms with van der Waals surface area (Å²) in [6.07, 6.45) is 3.46. The molecule has 1 amide bonds. The molecule has 0 spiro atoms. The Balaban J connectivity index is 1.27. The molecule has 0 bridgehead atoms. The van der Waals surface area contributed by atoms with Crippen molar-refractivity contribution in [1.29, 1.82) is 0 Å². The number of aromatic nitrogens is 4. The van der Waals surface area contributed by atoms with Gasteiger partial charge in [-0.25, -0.2) is 19.3 Å². The zero-order valence-corrected chi connectivity index (χ0v) is 19.0. The fourth-order valence-electron chi connectivity index (χ4n) is 3.90. The van der Waals surface area contributed by atoms with Crippen LogP contribution in [0.1, 0.15) is 15.9 Å². The van der Waals surface area contributed by atoms with Crippen LogP contribution in [0.4, 0.5) is 10.3 Å². The average Bonchev–Trinajstić information content (AvgIpc) is 3.18. The topological polar surface area (TPSA) is 67.2 Å². The summed E-state index contributed by atoms with van der Waals surface area (Å²) in [6, 6.07) is 14.0. The Kier molecular flexibility index (Phi) is 5.95. The fraction of sp³-hybridized carbons (Fsp3) is 0.250. The number of fused-ring (bicyclic) bond motifs is 1. The Morgan fingerprint density at radius 3 is 2.48 bits per heavy atom. The Morgan fingerprint density at radius 2 is 1.76 bits per heavy atom. The van der Waals surface area contributed by atoms with Crippen LogP contribution in [0, 0.1) is 5.82 Å². The Morgan fingerprint density at radius 1 is 1.03 bits per heavy atom. The summed E-state index contributed by atoms with van der Waals surface area (Å²) < 4.78 is 15.1. The van der Waals surface area contributed by atoms with E-state index in [1.807, 2.05) is 34.7 Å². The largest absolute Gasteiger partial charge is 0.337 e. The molecule has 7 nitrogen and oxygen atoms in total. The second-order valence-corrected chi connectivity index (χ2v) is 8.84. The highest BCUT2D eigenvalue weighted by molar-refractivity contribution is 7.98. The van der Waals surface area contributed by atoms with Crippen LogP contribution in [0.5, 0.6) is 0 Å². The number of amides is 1. The van der Waals surface area contributed by atoms with Gasteiger partial charge in [0, 0.05) is 56.9 Å². The molecular formula is C24H23FN6OS. The van der Waals surface area contributed by atoms with Gasteiger partial charge in [-0.1, -0.05) is 23.9 Å². The molecular weight excluding hydrogens is 439 g/mol. The van der Waals surface area contributed by atoms with Crippen molar-refractivity contribution in [1.82, 2.24) is 24.4 Å². The lowest BCUT2D eigenvalue weighted by atomic mass is 10.1. The first-order valence-electron chi connectivity index (χ1n) is 10.7. The number of aryl methyl sites for hydroxylation is 1. The lowest BCUT2D eigenvalue weighted by Crippen LogP contribution is -2.49. The molecule has 33 heavy (non-hydrogen) atoms. The van der Waals surface area contributed by atoms with Gasteiger partial charge in [-0.15, -0.1) is 0 Å². The molecule has 168 valence electrons. The van der Waals surface area contributed by atoms with Crippen LogP contribution in [0.3, 0.4) is 0 Å². The molecule has 5 rings (SSSR count). The number of hydrogen-bond acceptors (Lipinski definition) is 6. The monoisotopic (exact) mass is 462 g/mol. The van der Waals surface area contributed by atoms with E-state index in [-0.39, 0.29) is 11.7 Å². The van der Waals surface area contributed by atoms with Crippen molar-refractivity contribution < 1.29 is 9.18 Å². The van der Waals surface area contributed by atoms with Crippen LogP contribution in [-0.4, -0.2) is 56.5 Å². The second-order valence-electron chi connectivity index (χ2n) is 7.90. The number of piperazine rings is 1. The zero-order chi connectivity index (χ0) is 22.8. The first-order valence-corrected chi connectivity index (χ1v) is 11.7. The van der Waals surface area contributed by atoms with Crippen molar-refractivity contribution in [2.75, 3.05) is 31.1 Å². The molecule has 0 saturated carbocycles. The number of carbonyl (C=O) groups is 1. The van der Waals surface area contributed by atoms with Gasteiger partial charge in [0.25, 0.3) is 5.91 Å². The predicted molar refractivity (Wildman–Crippen MR) is 127 cm³/mol. The number of anilines is 1. The number of carbonyl (C=O) groups excluding carboxylic acids is 1. The van der Waals surface area contributed by atoms with E-state index in [1.54, 1.807) is 42.4 Å². The molecule has 1 saturated heterocycles. The van der Waals surface area contributed by atoms with E-state index in [1.165, 1.54) is 12.1 Å². The SMILES string of the molecule is Cn1c(SCc2ccc(F)cc2)nc2ccc(C(=O)N3CCN(c4ncccn4)CC3)cc21. The van der Waals surface area contributed by atoms with Crippen LogP contribution < -0.4 is 4.90 Å². The summed E-state index contributed by atoms with van der Waals surface area (Å²) in [7, 11) is 1.95. The highest BCUT2D eigenvalue weighted by atomic mass is 32.2. The van der Waals surface area contributed by atoms with E-state index in [9.17, 15) is 9.18 Å².